The Morgan fingerprint density at radius 3 is 2.48 bits per heavy atom. The summed E-state index contributed by atoms with van der Waals surface area (Å²) in [6.45, 7) is 7.98. The fourth-order valence-corrected chi connectivity index (χ4v) is 2.48. The normalized spacial score (nSPS) is 11.6. The number of nitrogens with two attached hydrogens (primary N) is 1. The van der Waals surface area contributed by atoms with Crippen molar-refractivity contribution >= 4 is 23.0 Å². The Morgan fingerprint density at radius 1 is 1.15 bits per heavy atom. The van der Waals surface area contributed by atoms with Crippen LogP contribution in [0, 0.1) is 0 Å². The molecule has 0 heterocycles. The molecule has 2 rings (SSSR count). The maximum atomic E-state index is 12.3. The number of rotatable bonds is 7. The molecule has 4 N–H and O–H groups in total. The molecular weight excluding hydrogens is 338 g/mol. The van der Waals surface area contributed by atoms with Gasteiger partial charge >= 0.3 is 6.03 Å². The summed E-state index contributed by atoms with van der Waals surface area (Å²) >= 11 is 0. The molecule has 5 nitrogen and oxygen atoms in total. The highest BCUT2D eigenvalue weighted by Gasteiger charge is 2.08. The minimum absolute atomic E-state index is 0.338. The van der Waals surface area contributed by atoms with Crippen LogP contribution < -0.4 is 21.1 Å². The molecular formula is C22H25N3O2. The number of allylic oxidation sites excluding steroid dienone is 5. The van der Waals surface area contributed by atoms with Gasteiger partial charge in [-0.25, -0.2) is 4.79 Å². The van der Waals surface area contributed by atoms with Gasteiger partial charge in [0.2, 0.25) is 0 Å². The van der Waals surface area contributed by atoms with Crippen molar-refractivity contribution in [2.75, 3.05) is 17.2 Å². The monoisotopic (exact) mass is 363 g/mol. The molecule has 0 spiro atoms. The molecule has 5 heteroatoms. The lowest BCUT2D eigenvalue weighted by Crippen LogP contribution is -2.19. The Labute approximate surface area is 160 Å². The van der Waals surface area contributed by atoms with Gasteiger partial charge in [0.15, 0.2) is 0 Å². The predicted octanol–water partition coefficient (Wildman–Crippen LogP) is 5.16. The lowest BCUT2D eigenvalue weighted by molar-refractivity contribution is 0.262. The van der Waals surface area contributed by atoms with E-state index in [4.69, 9.17) is 10.5 Å². The van der Waals surface area contributed by atoms with Crippen molar-refractivity contribution in [1.29, 1.82) is 0 Å². The summed E-state index contributed by atoms with van der Waals surface area (Å²) in [6.07, 6.45) is 5.47. The summed E-state index contributed by atoms with van der Waals surface area (Å²) in [4.78, 5) is 12.3. The molecule has 2 amide bonds. The number of para-hydroxylation sites is 2. The Morgan fingerprint density at radius 2 is 1.85 bits per heavy atom. The van der Waals surface area contributed by atoms with Gasteiger partial charge in [-0.05, 0) is 55.3 Å². The van der Waals surface area contributed by atoms with E-state index >= 15 is 0 Å². The van der Waals surface area contributed by atoms with Gasteiger partial charge in [-0.1, -0.05) is 43.0 Å². The third-order valence-corrected chi connectivity index (χ3v) is 3.59. The first-order chi connectivity index (χ1) is 13.0. The fourth-order valence-electron chi connectivity index (χ4n) is 2.48. The van der Waals surface area contributed by atoms with Gasteiger partial charge in [0, 0.05) is 11.4 Å². The first kappa shape index (κ1) is 19.8. The van der Waals surface area contributed by atoms with Crippen LogP contribution >= 0.6 is 0 Å². The Bertz CT molecular complexity index is 848. The second-order valence-electron chi connectivity index (χ2n) is 5.83. The van der Waals surface area contributed by atoms with E-state index in [0.717, 1.165) is 11.1 Å². The molecule has 0 saturated carbocycles. The minimum Gasteiger partial charge on any atom is -0.492 e. The highest BCUT2D eigenvalue weighted by atomic mass is 16.5. The Hall–Kier alpha value is -3.47. The molecule has 0 aromatic heterocycles. The summed E-state index contributed by atoms with van der Waals surface area (Å²) in [5.74, 6) is 0.633. The topological polar surface area (TPSA) is 76.4 Å². The van der Waals surface area contributed by atoms with Crippen molar-refractivity contribution in [3.05, 3.63) is 84.6 Å². The van der Waals surface area contributed by atoms with E-state index in [1.165, 1.54) is 0 Å². The number of anilines is 2. The van der Waals surface area contributed by atoms with E-state index in [9.17, 15) is 4.79 Å². The van der Waals surface area contributed by atoms with Gasteiger partial charge in [0.05, 0.1) is 12.3 Å². The van der Waals surface area contributed by atoms with Gasteiger partial charge in [-0.15, -0.1) is 0 Å². The van der Waals surface area contributed by atoms with Gasteiger partial charge < -0.3 is 21.1 Å². The van der Waals surface area contributed by atoms with Gasteiger partial charge in [0.1, 0.15) is 5.75 Å². The Kier molecular flexibility index (Phi) is 7.26. The van der Waals surface area contributed by atoms with E-state index < -0.39 is 0 Å². The van der Waals surface area contributed by atoms with Gasteiger partial charge in [-0.2, -0.15) is 0 Å². The first-order valence-corrected chi connectivity index (χ1v) is 8.70. The predicted molar refractivity (Wildman–Crippen MR) is 113 cm³/mol. The number of hydrogen-bond acceptors (Lipinski definition) is 3. The molecule has 0 unspecified atom stereocenters. The number of carbonyl (C=O) groups is 1. The standard InChI is InChI=1S/C22H25N3O2/c1-4-8-18(15-16(3)23)17-11-13-19(14-12-17)24-22(26)25-20-9-6-7-10-21(20)27-5-2/h4,6-15H,1,5,23H2,2-3H3,(H2,24,25,26)/b16-15-,18-8+. The third kappa shape index (κ3) is 6.08. The van der Waals surface area contributed by atoms with E-state index in [2.05, 4.69) is 17.2 Å². The molecule has 0 aliphatic carbocycles. The van der Waals surface area contributed by atoms with Crippen molar-refractivity contribution in [2.24, 2.45) is 5.73 Å². The molecule has 0 aliphatic rings. The maximum Gasteiger partial charge on any atom is 0.323 e. The van der Waals surface area contributed by atoms with E-state index in [-0.39, 0.29) is 6.03 Å². The fraction of sp³-hybridized carbons (Fsp3) is 0.136. The largest absolute Gasteiger partial charge is 0.492 e. The van der Waals surface area contributed by atoms with Crippen molar-refractivity contribution < 1.29 is 9.53 Å². The molecule has 0 aliphatic heterocycles. The molecule has 0 atom stereocenters. The molecule has 27 heavy (non-hydrogen) atoms. The number of nitrogens with one attached hydrogen (secondary N) is 2. The summed E-state index contributed by atoms with van der Waals surface area (Å²) in [6, 6.07) is 14.5. The van der Waals surface area contributed by atoms with Crippen LogP contribution in [-0.4, -0.2) is 12.6 Å². The molecule has 2 aromatic rings. The lowest BCUT2D eigenvalue weighted by atomic mass is 10.0. The second kappa shape index (κ2) is 9.87. The zero-order chi connectivity index (χ0) is 19.6. The molecule has 2 aromatic carbocycles. The van der Waals surface area contributed by atoms with Crippen molar-refractivity contribution in [3.8, 4) is 5.75 Å². The van der Waals surface area contributed by atoms with Crippen molar-refractivity contribution in [3.63, 3.8) is 0 Å². The zero-order valence-electron chi connectivity index (χ0n) is 15.7. The highest BCUT2D eigenvalue weighted by molar-refractivity contribution is 6.00. The molecule has 140 valence electrons. The smallest absolute Gasteiger partial charge is 0.323 e. The third-order valence-electron chi connectivity index (χ3n) is 3.59. The maximum absolute atomic E-state index is 12.3. The number of amides is 2. The van der Waals surface area contributed by atoms with E-state index in [1.54, 1.807) is 12.1 Å². The number of carbonyl (C=O) groups excluding carboxylic acids is 1. The van der Waals surface area contributed by atoms with Crippen LogP contribution in [0.3, 0.4) is 0 Å². The molecule has 0 fully saturated rings. The van der Waals surface area contributed by atoms with Crippen LogP contribution in [-0.2, 0) is 0 Å². The minimum atomic E-state index is -0.338. The average Bonchev–Trinajstić information content (AvgIpc) is 2.63. The van der Waals surface area contributed by atoms with Crippen LogP contribution in [0.2, 0.25) is 0 Å². The highest BCUT2D eigenvalue weighted by Crippen LogP contribution is 2.24. The number of ether oxygens (including phenoxy) is 1. The SMILES string of the molecule is C=C/C=C(\C=C(\C)N)c1ccc(NC(=O)Nc2ccccc2OCC)cc1. The molecule has 0 bridgehead atoms. The first-order valence-electron chi connectivity index (χ1n) is 8.70. The lowest BCUT2D eigenvalue weighted by Gasteiger charge is -2.12. The van der Waals surface area contributed by atoms with Gasteiger partial charge in [-0.3, -0.25) is 0 Å². The van der Waals surface area contributed by atoms with E-state index in [1.807, 2.05) is 68.5 Å². The molecule has 0 saturated heterocycles. The second-order valence-corrected chi connectivity index (χ2v) is 5.83. The average molecular weight is 363 g/mol. The van der Waals surface area contributed by atoms with Crippen LogP contribution in [0.25, 0.3) is 5.57 Å². The van der Waals surface area contributed by atoms with Crippen molar-refractivity contribution in [2.45, 2.75) is 13.8 Å². The van der Waals surface area contributed by atoms with Crippen molar-refractivity contribution in [1.82, 2.24) is 0 Å². The van der Waals surface area contributed by atoms with Gasteiger partial charge in [0.25, 0.3) is 0 Å². The zero-order valence-corrected chi connectivity index (χ0v) is 15.7. The van der Waals surface area contributed by atoms with Crippen LogP contribution in [0.15, 0.2) is 79.0 Å². The summed E-state index contributed by atoms with van der Waals surface area (Å²) in [7, 11) is 0. The van der Waals surface area contributed by atoms with E-state index in [0.29, 0.717) is 29.4 Å². The van der Waals surface area contributed by atoms with Crippen LogP contribution in [0.4, 0.5) is 16.2 Å². The summed E-state index contributed by atoms with van der Waals surface area (Å²) in [5, 5.41) is 5.62. The quantitative estimate of drug-likeness (QED) is 0.595. The van der Waals surface area contributed by atoms with Crippen LogP contribution in [0.1, 0.15) is 19.4 Å². The summed E-state index contributed by atoms with van der Waals surface area (Å²) < 4.78 is 5.51. The Balaban J connectivity index is 2.08. The number of urea groups is 1. The number of hydrogen-bond donors (Lipinski definition) is 3. The molecule has 0 radical (unpaired) electrons. The van der Waals surface area contributed by atoms with Crippen LogP contribution in [0.5, 0.6) is 5.75 Å². The summed E-state index contributed by atoms with van der Waals surface area (Å²) in [5.41, 5.74) is 9.71. The number of benzene rings is 2.